The fourth-order valence-corrected chi connectivity index (χ4v) is 1.25. The maximum atomic E-state index is 8.23. The van der Waals surface area contributed by atoms with E-state index >= 15 is 0 Å². The molecule has 0 aromatic heterocycles. The van der Waals surface area contributed by atoms with Gasteiger partial charge in [-0.2, -0.15) is 0 Å². The number of benzene rings is 3. The Labute approximate surface area is 95.4 Å². The molecule has 0 aliphatic carbocycles. The summed E-state index contributed by atoms with van der Waals surface area (Å²) in [6.45, 7) is 0. The van der Waals surface area contributed by atoms with Crippen LogP contribution in [0.4, 0.5) is 0 Å². The Morgan fingerprint density at radius 3 is 1.86 bits per heavy atom. The average molecular weight is 186 g/mol. The second-order valence-corrected chi connectivity index (χ2v) is 2.75. The monoisotopic (exact) mass is 186 g/mol. The summed E-state index contributed by atoms with van der Waals surface area (Å²) in [6.07, 6.45) is 0. The third-order valence-corrected chi connectivity index (χ3v) is 1.88. The Morgan fingerprint density at radius 2 is 1.29 bits per heavy atom. The van der Waals surface area contributed by atoms with E-state index in [1.165, 1.54) is 0 Å². The Bertz CT molecular complexity index is 929. The first-order valence-corrected chi connectivity index (χ1v) is 4.00. The topological polar surface area (TPSA) is 0 Å². The summed E-state index contributed by atoms with van der Waals surface area (Å²) in [6, 6.07) is -1.24. The molecule has 0 bridgehead atoms. The zero-order valence-corrected chi connectivity index (χ0v) is 7.00. The third kappa shape index (κ3) is 1.08. The van der Waals surface area contributed by atoms with E-state index in [-0.39, 0.29) is 39.7 Å². The fourth-order valence-electron chi connectivity index (χ4n) is 1.25. The first kappa shape index (κ1) is 2.83. The Kier molecular flexibility index (Phi) is 0.576. The van der Waals surface area contributed by atoms with Gasteiger partial charge in [-0.25, -0.2) is 0 Å². The molecule has 0 saturated carbocycles. The van der Waals surface area contributed by atoms with Gasteiger partial charge in [0.05, 0.1) is 12.3 Å². The molecule has 0 atom stereocenters. The van der Waals surface area contributed by atoms with Crippen LogP contribution in [0, 0.1) is 6.07 Å². The highest BCUT2D eigenvalue weighted by Gasteiger charge is 1.95. The van der Waals surface area contributed by atoms with Gasteiger partial charge in [0.25, 0.3) is 0 Å². The van der Waals surface area contributed by atoms with Crippen LogP contribution < -0.4 is 0 Å². The normalized spacial score (nSPS) is 19.9. The molecular formula is C14H9. The molecule has 65 valence electrons. The number of fused-ring (bicyclic) bond motifs is 2. The molecule has 3 aromatic carbocycles. The summed E-state index contributed by atoms with van der Waals surface area (Å²) in [5, 5.41) is -0.320. The van der Waals surface area contributed by atoms with Crippen molar-refractivity contribution in [2.75, 3.05) is 0 Å². The van der Waals surface area contributed by atoms with Gasteiger partial charge in [-0.3, -0.25) is 0 Å². The van der Waals surface area contributed by atoms with Crippen LogP contribution in [0.25, 0.3) is 21.5 Å². The van der Waals surface area contributed by atoms with E-state index in [4.69, 9.17) is 12.3 Å². The quantitative estimate of drug-likeness (QED) is 0.468. The molecule has 0 amide bonds. The average Bonchev–Trinajstić information content (AvgIpc) is 2.53. The van der Waals surface area contributed by atoms with Gasteiger partial charge in [0.2, 0.25) is 0 Å². The van der Waals surface area contributed by atoms with E-state index < -0.39 is 36.3 Å². The van der Waals surface area contributed by atoms with E-state index in [1.807, 2.05) is 0 Å². The van der Waals surface area contributed by atoms with Crippen molar-refractivity contribution in [3.8, 4) is 0 Å². The molecule has 0 N–H and O–H groups in total. The van der Waals surface area contributed by atoms with Gasteiger partial charge >= 0.3 is 0 Å². The molecule has 0 saturated heterocycles. The molecule has 0 nitrogen and oxygen atoms in total. The Morgan fingerprint density at radius 1 is 0.786 bits per heavy atom. The van der Waals surface area contributed by atoms with Gasteiger partial charge in [0, 0.05) is 0 Å². The first-order valence-electron chi connectivity index (χ1n) is 8.50. The van der Waals surface area contributed by atoms with Gasteiger partial charge in [0.15, 0.2) is 0 Å². The van der Waals surface area contributed by atoms with Crippen LogP contribution in [-0.2, 0) is 0 Å². The molecule has 0 heteroatoms. The van der Waals surface area contributed by atoms with Crippen LogP contribution in [0.2, 0.25) is 0 Å². The van der Waals surface area contributed by atoms with E-state index in [1.54, 1.807) is 0 Å². The van der Waals surface area contributed by atoms with Crippen LogP contribution in [-0.4, -0.2) is 0 Å². The van der Waals surface area contributed by atoms with Crippen molar-refractivity contribution in [1.29, 1.82) is 0 Å². The third-order valence-electron chi connectivity index (χ3n) is 1.88. The van der Waals surface area contributed by atoms with Gasteiger partial charge in [-0.05, 0) is 33.7 Å². The largest absolute Gasteiger partial charge is 0.0636 e. The number of rotatable bonds is 0. The lowest BCUT2D eigenvalue weighted by Gasteiger charge is -2.00. The molecular weight excluding hydrogens is 168 g/mol. The molecule has 0 unspecified atom stereocenters. The van der Waals surface area contributed by atoms with Gasteiger partial charge in [-0.1, -0.05) is 48.3 Å². The summed E-state index contributed by atoms with van der Waals surface area (Å²) in [5.74, 6) is 0. The van der Waals surface area contributed by atoms with Crippen molar-refractivity contribution in [2.24, 2.45) is 0 Å². The van der Waals surface area contributed by atoms with E-state index in [9.17, 15) is 0 Å². The first-order chi connectivity index (χ1) is 10.7. The van der Waals surface area contributed by atoms with Crippen molar-refractivity contribution >= 4 is 21.5 Å². The standard InChI is InChI=1S/C14H9/c1-2-6-12-10-14-8-4-3-7-13(14)9-11(12)5-1/h1-9H/i1D,2D,3D,4D,5D,6D,7D,8D,9D. The molecule has 0 heterocycles. The van der Waals surface area contributed by atoms with Crippen LogP contribution in [0.15, 0.2) is 54.4 Å². The molecule has 0 fully saturated rings. The van der Waals surface area contributed by atoms with Crippen LogP contribution in [0.1, 0.15) is 12.3 Å². The van der Waals surface area contributed by atoms with Crippen molar-refractivity contribution in [3.05, 3.63) is 60.4 Å². The van der Waals surface area contributed by atoms with Crippen molar-refractivity contribution in [2.45, 2.75) is 0 Å². The highest BCUT2D eigenvalue weighted by atomic mass is 14.0. The summed E-state index contributed by atoms with van der Waals surface area (Å²) >= 11 is 0. The molecule has 3 aromatic rings. The van der Waals surface area contributed by atoms with Crippen molar-refractivity contribution in [3.63, 3.8) is 0 Å². The van der Waals surface area contributed by atoms with E-state index in [0.29, 0.717) is 0 Å². The lowest BCUT2D eigenvalue weighted by Crippen LogP contribution is -1.75. The molecule has 0 aliphatic rings. The predicted octanol–water partition coefficient (Wildman–Crippen LogP) is 3.79. The molecule has 14 heavy (non-hydrogen) atoms. The molecule has 1 radical (unpaired) electrons. The van der Waals surface area contributed by atoms with Crippen molar-refractivity contribution in [1.82, 2.24) is 0 Å². The Balaban J connectivity index is 2.73. The minimum absolute atomic E-state index is 0.0569. The zero-order valence-electron chi connectivity index (χ0n) is 16.0. The fraction of sp³-hybridized carbons (Fsp3) is 0. The summed E-state index contributed by atoms with van der Waals surface area (Å²) < 4.78 is 70.7. The molecule has 3 rings (SSSR count). The lowest BCUT2D eigenvalue weighted by atomic mass is 10.0. The highest BCUT2D eigenvalue weighted by Crippen LogP contribution is 2.21. The van der Waals surface area contributed by atoms with Crippen LogP contribution >= 0.6 is 0 Å². The summed E-state index contributed by atoms with van der Waals surface area (Å²) in [7, 11) is 0. The van der Waals surface area contributed by atoms with Gasteiger partial charge < -0.3 is 0 Å². The minimum Gasteiger partial charge on any atom is -0.0616 e. The van der Waals surface area contributed by atoms with Gasteiger partial charge in [-0.15, -0.1) is 0 Å². The highest BCUT2D eigenvalue weighted by molar-refractivity contribution is 5.97. The second kappa shape index (κ2) is 2.85. The Hall–Kier alpha value is -1.82. The lowest BCUT2D eigenvalue weighted by molar-refractivity contribution is 1.76. The van der Waals surface area contributed by atoms with Crippen LogP contribution in [0.5, 0.6) is 0 Å². The maximum Gasteiger partial charge on any atom is 0.0636 e. The van der Waals surface area contributed by atoms with E-state index in [0.717, 1.165) is 0 Å². The predicted molar refractivity (Wildman–Crippen MR) is 60.3 cm³/mol. The summed E-state index contributed by atoms with van der Waals surface area (Å²) in [4.78, 5) is 0. The second-order valence-electron chi connectivity index (χ2n) is 2.75. The summed E-state index contributed by atoms with van der Waals surface area (Å²) in [5.41, 5.74) is 0. The van der Waals surface area contributed by atoms with E-state index in [2.05, 4.69) is 6.07 Å². The minimum atomic E-state index is -0.496. The van der Waals surface area contributed by atoms with Crippen LogP contribution in [0.3, 0.4) is 0 Å². The maximum absolute atomic E-state index is 8.23. The van der Waals surface area contributed by atoms with Crippen molar-refractivity contribution < 1.29 is 12.3 Å². The smallest absolute Gasteiger partial charge is 0.0616 e. The molecule has 0 aliphatic heterocycles. The number of hydrogen-bond donors (Lipinski definition) is 0. The zero-order chi connectivity index (χ0) is 17.2. The molecule has 0 spiro atoms. The number of hydrogen-bond acceptors (Lipinski definition) is 0. The SMILES string of the molecule is [2H]c1c([2H])c([2H])c2c([2H])c3c([2H])c([2H])c([2H])c([2H])c3[c]c2c1[2H]. The van der Waals surface area contributed by atoms with Gasteiger partial charge in [0.1, 0.15) is 0 Å².